The highest BCUT2D eigenvalue weighted by molar-refractivity contribution is 8.22. The van der Waals surface area contributed by atoms with E-state index in [1.165, 1.54) is 30.4 Å². The molecule has 1 rings (SSSR count). The zero-order chi connectivity index (χ0) is 10.6. The van der Waals surface area contributed by atoms with Crippen molar-refractivity contribution in [1.82, 2.24) is 0 Å². The van der Waals surface area contributed by atoms with Gasteiger partial charge in [-0.2, -0.15) is 0 Å². The van der Waals surface area contributed by atoms with Gasteiger partial charge in [0.05, 0.1) is 6.61 Å². The number of ketones is 1. The van der Waals surface area contributed by atoms with Gasteiger partial charge in [-0.25, -0.2) is 4.79 Å². The molecule has 0 aromatic heterocycles. The van der Waals surface area contributed by atoms with Gasteiger partial charge in [-0.3, -0.25) is 4.79 Å². The van der Waals surface area contributed by atoms with Gasteiger partial charge in [0.15, 0.2) is 4.08 Å². The third kappa shape index (κ3) is 2.67. The highest BCUT2D eigenvalue weighted by Gasteiger charge is 2.45. The molecule has 0 unspecified atom stereocenters. The molecule has 1 aliphatic rings. The van der Waals surface area contributed by atoms with Crippen molar-refractivity contribution in [2.45, 2.75) is 24.3 Å². The van der Waals surface area contributed by atoms with Crippen LogP contribution in [0.1, 0.15) is 20.3 Å². The number of thioether (sulfide) groups is 2. The van der Waals surface area contributed by atoms with Crippen molar-refractivity contribution in [2.75, 3.05) is 18.1 Å². The maximum absolute atomic E-state index is 11.7. The van der Waals surface area contributed by atoms with Crippen LogP contribution in [0.2, 0.25) is 0 Å². The number of Topliss-reactive ketones (excluding diaryl/α,β-unsaturated/α-hetero) is 1. The molecule has 0 amide bonds. The zero-order valence-electron chi connectivity index (χ0n) is 8.37. The molecule has 80 valence electrons. The van der Waals surface area contributed by atoms with Crippen LogP contribution >= 0.6 is 23.5 Å². The summed E-state index contributed by atoms with van der Waals surface area (Å²) in [4.78, 5) is 22.8. The second-order valence-electron chi connectivity index (χ2n) is 3.05. The van der Waals surface area contributed by atoms with Crippen LogP contribution in [-0.4, -0.2) is 33.9 Å². The van der Waals surface area contributed by atoms with E-state index in [0.717, 1.165) is 11.5 Å². The van der Waals surface area contributed by atoms with Crippen LogP contribution < -0.4 is 0 Å². The first-order valence-electron chi connectivity index (χ1n) is 4.55. The van der Waals surface area contributed by atoms with E-state index < -0.39 is 4.08 Å². The summed E-state index contributed by atoms with van der Waals surface area (Å²) in [6.07, 6.45) is 0.279. The van der Waals surface area contributed by atoms with Gasteiger partial charge in [-0.1, -0.05) is 0 Å². The molecule has 3 nitrogen and oxygen atoms in total. The lowest BCUT2D eigenvalue weighted by atomic mass is 10.2. The summed E-state index contributed by atoms with van der Waals surface area (Å²) in [5, 5.41) is 0. The molecule has 5 heteroatoms. The van der Waals surface area contributed by atoms with Crippen LogP contribution in [0, 0.1) is 0 Å². The fourth-order valence-corrected chi connectivity index (χ4v) is 4.44. The molecule has 1 heterocycles. The van der Waals surface area contributed by atoms with Crippen molar-refractivity contribution < 1.29 is 14.3 Å². The lowest BCUT2D eigenvalue weighted by Gasteiger charge is -2.23. The minimum Gasteiger partial charge on any atom is -0.464 e. The number of ether oxygens (including phenoxy) is 1. The molecule has 0 saturated carbocycles. The van der Waals surface area contributed by atoms with Crippen molar-refractivity contribution in [1.29, 1.82) is 0 Å². The monoisotopic (exact) mass is 234 g/mol. The lowest BCUT2D eigenvalue weighted by molar-refractivity contribution is -0.144. The van der Waals surface area contributed by atoms with Crippen molar-refractivity contribution in [2.24, 2.45) is 0 Å². The number of esters is 1. The molecular weight excluding hydrogens is 220 g/mol. The Hall–Kier alpha value is -0.160. The van der Waals surface area contributed by atoms with Gasteiger partial charge in [0, 0.05) is 17.9 Å². The minimum atomic E-state index is -0.651. The average Bonchev–Trinajstić information content (AvgIpc) is 2.53. The van der Waals surface area contributed by atoms with Crippen LogP contribution in [0.3, 0.4) is 0 Å². The Labute approximate surface area is 92.3 Å². The van der Waals surface area contributed by atoms with E-state index in [0.29, 0.717) is 6.61 Å². The van der Waals surface area contributed by atoms with Crippen LogP contribution in [0.25, 0.3) is 0 Å². The van der Waals surface area contributed by atoms with Crippen LogP contribution in [0.15, 0.2) is 0 Å². The molecule has 1 fully saturated rings. The molecule has 0 spiro atoms. The maximum Gasteiger partial charge on any atom is 0.332 e. The predicted molar refractivity (Wildman–Crippen MR) is 59.6 cm³/mol. The molecular formula is C9H14O3S2. The highest BCUT2D eigenvalue weighted by atomic mass is 32.2. The minimum absolute atomic E-state index is 0.0416. The first kappa shape index (κ1) is 11.9. The Balaban J connectivity index is 2.70. The number of carbonyl (C=O) groups is 2. The number of hydrogen-bond acceptors (Lipinski definition) is 5. The van der Waals surface area contributed by atoms with Gasteiger partial charge in [0.1, 0.15) is 5.78 Å². The van der Waals surface area contributed by atoms with Crippen molar-refractivity contribution in [3.63, 3.8) is 0 Å². The Morgan fingerprint density at radius 2 is 1.93 bits per heavy atom. The van der Waals surface area contributed by atoms with Crippen LogP contribution in [0.5, 0.6) is 0 Å². The van der Waals surface area contributed by atoms with Crippen LogP contribution in [-0.2, 0) is 14.3 Å². The summed E-state index contributed by atoms with van der Waals surface area (Å²) in [6.45, 7) is 3.67. The van der Waals surface area contributed by atoms with E-state index in [4.69, 9.17) is 4.74 Å². The first-order valence-corrected chi connectivity index (χ1v) is 6.52. The number of hydrogen-bond donors (Lipinski definition) is 0. The quantitative estimate of drug-likeness (QED) is 0.693. The normalized spacial score (nSPS) is 19.3. The summed E-state index contributed by atoms with van der Waals surface area (Å²) < 4.78 is 4.35. The van der Waals surface area contributed by atoms with Gasteiger partial charge in [-0.05, 0) is 13.8 Å². The first-order chi connectivity index (χ1) is 6.60. The molecule has 0 aromatic rings. The smallest absolute Gasteiger partial charge is 0.332 e. The van der Waals surface area contributed by atoms with E-state index in [1.54, 1.807) is 6.92 Å². The average molecular weight is 234 g/mol. The van der Waals surface area contributed by atoms with E-state index in [1.807, 2.05) is 0 Å². The molecule has 0 atom stereocenters. The fourth-order valence-electron chi connectivity index (χ4n) is 1.32. The second kappa shape index (κ2) is 5.07. The summed E-state index contributed by atoms with van der Waals surface area (Å²) in [6, 6.07) is 0. The molecule has 0 radical (unpaired) electrons. The number of carbonyl (C=O) groups excluding carboxylic acids is 2. The molecule has 0 N–H and O–H groups in total. The Kier molecular flexibility index (Phi) is 4.31. The van der Waals surface area contributed by atoms with E-state index in [2.05, 4.69) is 0 Å². The summed E-state index contributed by atoms with van der Waals surface area (Å²) in [5.41, 5.74) is 0. The molecule has 0 aromatic carbocycles. The van der Waals surface area contributed by atoms with Crippen molar-refractivity contribution in [3.8, 4) is 0 Å². The third-order valence-electron chi connectivity index (χ3n) is 1.82. The van der Waals surface area contributed by atoms with Crippen molar-refractivity contribution >= 4 is 35.3 Å². The van der Waals surface area contributed by atoms with Gasteiger partial charge in [0.2, 0.25) is 0 Å². The van der Waals surface area contributed by atoms with Gasteiger partial charge >= 0.3 is 5.97 Å². The van der Waals surface area contributed by atoms with Crippen LogP contribution in [0.4, 0.5) is 0 Å². The largest absolute Gasteiger partial charge is 0.464 e. The van der Waals surface area contributed by atoms with E-state index in [-0.39, 0.29) is 18.2 Å². The topological polar surface area (TPSA) is 43.4 Å². The van der Waals surface area contributed by atoms with Crippen molar-refractivity contribution in [3.05, 3.63) is 0 Å². The predicted octanol–water partition coefficient (Wildman–Crippen LogP) is 1.70. The van der Waals surface area contributed by atoms with Gasteiger partial charge in [0.25, 0.3) is 0 Å². The lowest BCUT2D eigenvalue weighted by Crippen LogP contribution is -2.33. The van der Waals surface area contributed by atoms with E-state index in [9.17, 15) is 9.59 Å². The van der Waals surface area contributed by atoms with Gasteiger partial charge in [-0.15, -0.1) is 23.5 Å². The summed E-state index contributed by atoms with van der Waals surface area (Å²) >= 11 is 3.07. The third-order valence-corrected chi connectivity index (χ3v) is 5.16. The molecule has 1 saturated heterocycles. The SMILES string of the molecule is CCOC(=O)C1(CC(C)=O)SCCS1. The molecule has 0 aliphatic carbocycles. The zero-order valence-corrected chi connectivity index (χ0v) is 10.0. The summed E-state index contributed by atoms with van der Waals surface area (Å²) in [7, 11) is 0. The van der Waals surface area contributed by atoms with E-state index >= 15 is 0 Å². The fraction of sp³-hybridized carbons (Fsp3) is 0.778. The Bertz CT molecular complexity index is 234. The highest BCUT2D eigenvalue weighted by Crippen LogP contribution is 2.47. The maximum atomic E-state index is 11.7. The summed E-state index contributed by atoms with van der Waals surface area (Å²) in [5.74, 6) is 1.62. The Morgan fingerprint density at radius 1 is 1.36 bits per heavy atom. The molecule has 1 aliphatic heterocycles. The standard InChI is InChI=1S/C9H14O3S2/c1-3-12-8(11)9(6-7(2)10)13-4-5-14-9/h3-6H2,1-2H3. The molecule has 0 bridgehead atoms. The number of rotatable bonds is 4. The molecule has 14 heavy (non-hydrogen) atoms. The van der Waals surface area contributed by atoms with Gasteiger partial charge < -0.3 is 4.74 Å². The Morgan fingerprint density at radius 3 is 2.36 bits per heavy atom. The second-order valence-corrected chi connectivity index (χ2v) is 6.10.